The maximum absolute atomic E-state index is 13.4. The minimum atomic E-state index is -0.284. The Hall–Kier alpha value is -3.19. The van der Waals surface area contributed by atoms with Crippen molar-refractivity contribution >= 4 is 11.7 Å². The molecule has 1 saturated heterocycles. The summed E-state index contributed by atoms with van der Waals surface area (Å²) in [5.41, 5.74) is 3.38. The Morgan fingerprint density at radius 3 is 2.57 bits per heavy atom. The van der Waals surface area contributed by atoms with Crippen LogP contribution in [0.25, 0.3) is 0 Å². The van der Waals surface area contributed by atoms with Crippen molar-refractivity contribution in [3.05, 3.63) is 77.8 Å². The van der Waals surface area contributed by atoms with Crippen LogP contribution in [0.2, 0.25) is 0 Å². The van der Waals surface area contributed by atoms with Gasteiger partial charge in [0.05, 0.1) is 6.04 Å². The van der Waals surface area contributed by atoms with Gasteiger partial charge in [0.1, 0.15) is 12.0 Å². The van der Waals surface area contributed by atoms with E-state index < -0.39 is 0 Å². The first-order valence-electron chi connectivity index (χ1n) is 13.6. The number of hydrogen-bond donors (Lipinski definition) is 1. The number of allylic oxidation sites excluding steroid dienone is 4. The summed E-state index contributed by atoms with van der Waals surface area (Å²) in [6.45, 7) is 10.5. The zero-order valence-corrected chi connectivity index (χ0v) is 22.4. The fraction of sp³-hybridized carbons (Fsp3) is 0.500. The summed E-state index contributed by atoms with van der Waals surface area (Å²) in [6, 6.07) is 8.45. The maximum atomic E-state index is 13.4. The lowest BCUT2D eigenvalue weighted by Gasteiger charge is -2.43. The number of para-hydroxylation sites is 1. The lowest BCUT2D eigenvalue weighted by atomic mass is 9.95. The molecule has 0 spiro atoms. The normalized spacial score (nSPS) is 22.2. The largest absolute Gasteiger partial charge is 0.460 e. The number of fused-ring (bicyclic) bond motifs is 1. The van der Waals surface area contributed by atoms with Crippen molar-refractivity contribution in [2.45, 2.75) is 64.5 Å². The highest BCUT2D eigenvalue weighted by Crippen LogP contribution is 2.32. The molecule has 3 heterocycles. The number of nitrogens with zero attached hydrogens (tertiary/aromatic N) is 3. The van der Waals surface area contributed by atoms with E-state index in [4.69, 9.17) is 9.47 Å². The molecule has 0 aromatic heterocycles. The molecule has 3 aliphatic heterocycles. The van der Waals surface area contributed by atoms with E-state index in [9.17, 15) is 4.79 Å². The minimum Gasteiger partial charge on any atom is -0.460 e. The number of amides is 2. The molecule has 0 bridgehead atoms. The van der Waals surface area contributed by atoms with E-state index in [0.29, 0.717) is 0 Å². The van der Waals surface area contributed by atoms with Gasteiger partial charge in [-0.25, -0.2) is 4.79 Å². The Kier molecular flexibility index (Phi) is 7.60. The van der Waals surface area contributed by atoms with Crippen molar-refractivity contribution in [1.29, 1.82) is 0 Å². The molecule has 0 radical (unpaired) electrons. The Morgan fingerprint density at radius 1 is 1.05 bits per heavy atom. The number of aryl methyl sites for hydroxylation is 1. The number of benzene rings is 1. The molecule has 1 N–H and O–H groups in total. The third-order valence-electron chi connectivity index (χ3n) is 7.34. The highest BCUT2D eigenvalue weighted by molar-refractivity contribution is 5.94. The third-order valence-corrected chi connectivity index (χ3v) is 7.34. The van der Waals surface area contributed by atoms with Gasteiger partial charge in [-0.3, -0.25) is 9.80 Å². The molecular formula is C30H40N4O3. The number of hydrogen-bond acceptors (Lipinski definition) is 5. The van der Waals surface area contributed by atoms with Crippen LogP contribution in [0, 0.1) is 0 Å². The van der Waals surface area contributed by atoms with Crippen molar-refractivity contribution in [3.8, 4) is 0 Å². The van der Waals surface area contributed by atoms with Gasteiger partial charge in [-0.1, -0.05) is 42.0 Å². The first-order chi connectivity index (χ1) is 17.9. The number of rotatable bonds is 5. The van der Waals surface area contributed by atoms with E-state index in [1.54, 1.807) is 12.5 Å². The van der Waals surface area contributed by atoms with E-state index in [0.717, 1.165) is 82.2 Å². The summed E-state index contributed by atoms with van der Waals surface area (Å²) in [5, 5.41) is 3.19. The summed E-state index contributed by atoms with van der Waals surface area (Å²) in [5.74, 6) is 1.63. The predicted octanol–water partition coefficient (Wildman–Crippen LogP) is 5.29. The van der Waals surface area contributed by atoms with Crippen molar-refractivity contribution in [1.82, 2.24) is 15.1 Å². The fourth-order valence-electron chi connectivity index (χ4n) is 5.45. The van der Waals surface area contributed by atoms with E-state index in [1.165, 1.54) is 11.1 Å². The van der Waals surface area contributed by atoms with E-state index in [2.05, 4.69) is 51.5 Å². The molecule has 1 aliphatic carbocycles. The number of carbonyl (C=O) groups is 1. The third kappa shape index (κ3) is 6.39. The first-order valence-corrected chi connectivity index (χ1v) is 13.6. The van der Waals surface area contributed by atoms with Crippen molar-refractivity contribution in [3.63, 3.8) is 0 Å². The Bertz CT molecular complexity index is 1110. The van der Waals surface area contributed by atoms with Crippen molar-refractivity contribution in [2.24, 2.45) is 0 Å². The maximum Gasteiger partial charge on any atom is 0.322 e. The number of carbonyl (C=O) groups excluding carboxylic acids is 1. The molecule has 1 unspecified atom stereocenters. The SMILES string of the molecule is CC(C)(C)NC(=O)N1c2ccccc2CCC1CN1CCN(C2=COC(CC3=CC=CCC3)=CO2)CC1. The average Bonchev–Trinajstić information content (AvgIpc) is 2.89. The number of urea groups is 1. The Morgan fingerprint density at radius 2 is 1.86 bits per heavy atom. The van der Waals surface area contributed by atoms with Crippen LogP contribution in [0.3, 0.4) is 0 Å². The van der Waals surface area contributed by atoms with Gasteiger partial charge in [-0.15, -0.1) is 0 Å². The first kappa shape index (κ1) is 25.5. The molecule has 2 amide bonds. The summed E-state index contributed by atoms with van der Waals surface area (Å²) >= 11 is 0. The van der Waals surface area contributed by atoms with Crippen molar-refractivity contribution in [2.75, 3.05) is 37.6 Å². The molecule has 1 atom stereocenters. The monoisotopic (exact) mass is 504 g/mol. The van der Waals surface area contributed by atoms with E-state index >= 15 is 0 Å². The van der Waals surface area contributed by atoms with E-state index in [1.807, 2.05) is 31.7 Å². The van der Waals surface area contributed by atoms with Crippen LogP contribution < -0.4 is 10.2 Å². The summed E-state index contributed by atoms with van der Waals surface area (Å²) in [4.78, 5) is 20.1. The van der Waals surface area contributed by atoms with Gasteiger partial charge in [-0.05, 0) is 58.1 Å². The van der Waals surface area contributed by atoms with Gasteiger partial charge >= 0.3 is 6.03 Å². The minimum absolute atomic E-state index is 0.0104. The standard InChI is InChI=1S/C30H40N4O3/c1-30(2,3)31-29(35)34-25(14-13-24-11-7-8-12-27(24)34)20-32-15-17-33(18-16-32)28-22-36-26(21-37-28)19-23-9-5-4-6-10-23/h4-5,7-9,11-12,21-22,25H,6,10,13-20H2,1-3H3,(H,31,35). The number of nitrogens with one attached hydrogen (secondary N) is 1. The predicted molar refractivity (Wildman–Crippen MR) is 147 cm³/mol. The lowest BCUT2D eigenvalue weighted by Crippen LogP contribution is -2.58. The smallest absolute Gasteiger partial charge is 0.322 e. The van der Waals surface area contributed by atoms with Gasteiger partial charge < -0.3 is 19.7 Å². The molecule has 4 aliphatic rings. The van der Waals surface area contributed by atoms with Gasteiger partial charge in [0.2, 0.25) is 5.88 Å². The zero-order chi connectivity index (χ0) is 25.8. The Balaban J connectivity index is 1.16. The molecule has 1 aromatic carbocycles. The average molecular weight is 505 g/mol. The van der Waals surface area contributed by atoms with Crippen LogP contribution in [0.5, 0.6) is 0 Å². The highest BCUT2D eigenvalue weighted by Gasteiger charge is 2.34. The quantitative estimate of drug-likeness (QED) is 0.591. The molecule has 198 valence electrons. The summed E-state index contributed by atoms with van der Waals surface area (Å²) < 4.78 is 11.9. The van der Waals surface area contributed by atoms with Crippen LogP contribution in [0.4, 0.5) is 10.5 Å². The zero-order valence-electron chi connectivity index (χ0n) is 22.4. The lowest BCUT2D eigenvalue weighted by molar-refractivity contribution is 0.0798. The topological polar surface area (TPSA) is 57.3 Å². The molecule has 0 saturated carbocycles. The summed E-state index contributed by atoms with van der Waals surface area (Å²) in [6.07, 6.45) is 14.9. The van der Waals surface area contributed by atoms with Crippen LogP contribution in [-0.2, 0) is 15.9 Å². The van der Waals surface area contributed by atoms with E-state index in [-0.39, 0.29) is 17.6 Å². The molecular weight excluding hydrogens is 464 g/mol. The van der Waals surface area contributed by atoms with Gasteiger partial charge in [0, 0.05) is 50.4 Å². The Labute approximate surface area is 221 Å². The fourth-order valence-corrected chi connectivity index (χ4v) is 5.45. The molecule has 7 nitrogen and oxygen atoms in total. The van der Waals surface area contributed by atoms with Crippen LogP contribution in [-0.4, -0.2) is 60.1 Å². The number of ether oxygens (including phenoxy) is 2. The van der Waals surface area contributed by atoms with Crippen molar-refractivity contribution < 1.29 is 14.3 Å². The second kappa shape index (κ2) is 11.1. The second-order valence-corrected chi connectivity index (χ2v) is 11.4. The number of piperazine rings is 1. The highest BCUT2D eigenvalue weighted by atomic mass is 16.6. The molecule has 37 heavy (non-hydrogen) atoms. The summed E-state index contributed by atoms with van der Waals surface area (Å²) in [7, 11) is 0. The molecule has 1 aromatic rings. The molecule has 1 fully saturated rings. The number of anilines is 1. The molecule has 7 heteroatoms. The van der Waals surface area contributed by atoms with Crippen LogP contribution >= 0.6 is 0 Å². The second-order valence-electron chi connectivity index (χ2n) is 11.4. The van der Waals surface area contributed by atoms with Gasteiger partial charge in [0.25, 0.3) is 0 Å². The van der Waals surface area contributed by atoms with Crippen LogP contribution in [0.1, 0.15) is 52.0 Å². The van der Waals surface area contributed by atoms with Gasteiger partial charge in [-0.2, -0.15) is 0 Å². The van der Waals surface area contributed by atoms with Gasteiger partial charge in [0.15, 0.2) is 6.26 Å². The molecule has 5 rings (SSSR count). The van der Waals surface area contributed by atoms with Crippen LogP contribution in [0.15, 0.2) is 72.2 Å².